The summed E-state index contributed by atoms with van der Waals surface area (Å²) in [5.74, 6) is 0.883. The first-order valence-corrected chi connectivity index (χ1v) is 5.65. The van der Waals surface area contributed by atoms with Crippen molar-refractivity contribution < 1.29 is 0 Å². The third kappa shape index (κ3) is 1.98. The van der Waals surface area contributed by atoms with Crippen LogP contribution in [-0.4, -0.2) is 9.13 Å². The Hall–Kier alpha value is -1.97. The number of benzene rings is 1. The minimum atomic E-state index is -0.122. The van der Waals surface area contributed by atoms with Gasteiger partial charge in [0, 0.05) is 13.2 Å². The lowest BCUT2D eigenvalue weighted by atomic mass is 10.0. The van der Waals surface area contributed by atoms with E-state index in [-0.39, 0.29) is 5.69 Å². The highest BCUT2D eigenvalue weighted by Gasteiger charge is 2.09. The molecule has 0 bridgehead atoms. The Balaban J connectivity index is 2.61. The fourth-order valence-corrected chi connectivity index (χ4v) is 1.86. The first-order valence-electron chi connectivity index (χ1n) is 5.65. The Morgan fingerprint density at radius 2 is 2.00 bits per heavy atom. The lowest BCUT2D eigenvalue weighted by Crippen LogP contribution is -2.21. The van der Waals surface area contributed by atoms with E-state index in [1.54, 1.807) is 13.2 Å². The SMILES string of the molecule is CC(C)c1cccc(-n2c(N)cn(C)c2=O)c1. The summed E-state index contributed by atoms with van der Waals surface area (Å²) in [6, 6.07) is 7.90. The lowest BCUT2D eigenvalue weighted by molar-refractivity contribution is 0.820. The molecule has 0 saturated carbocycles. The third-order valence-electron chi connectivity index (χ3n) is 2.87. The third-order valence-corrected chi connectivity index (χ3v) is 2.87. The Morgan fingerprint density at radius 1 is 1.29 bits per heavy atom. The Morgan fingerprint density at radius 3 is 2.53 bits per heavy atom. The topological polar surface area (TPSA) is 52.9 Å². The van der Waals surface area contributed by atoms with Crippen LogP contribution in [0.1, 0.15) is 25.3 Å². The number of hydrogen-bond acceptors (Lipinski definition) is 2. The molecule has 2 rings (SSSR count). The average molecular weight is 231 g/mol. The van der Waals surface area contributed by atoms with E-state index in [1.807, 2.05) is 18.2 Å². The van der Waals surface area contributed by atoms with Crippen LogP contribution in [0.3, 0.4) is 0 Å². The molecular weight excluding hydrogens is 214 g/mol. The molecule has 0 fully saturated rings. The summed E-state index contributed by atoms with van der Waals surface area (Å²) in [5, 5.41) is 0. The van der Waals surface area contributed by atoms with Crippen molar-refractivity contribution in [3.63, 3.8) is 0 Å². The summed E-state index contributed by atoms with van der Waals surface area (Å²) in [4.78, 5) is 11.9. The molecule has 90 valence electrons. The number of rotatable bonds is 2. The smallest absolute Gasteiger partial charge is 0.334 e. The predicted octanol–water partition coefficient (Wildman–Crippen LogP) is 1.88. The fraction of sp³-hybridized carbons (Fsp3) is 0.308. The summed E-state index contributed by atoms with van der Waals surface area (Å²) in [5.41, 5.74) is 7.73. The van der Waals surface area contributed by atoms with Gasteiger partial charge in [-0.1, -0.05) is 26.0 Å². The van der Waals surface area contributed by atoms with Gasteiger partial charge in [-0.05, 0) is 23.6 Å². The Bertz CT molecular complexity index is 593. The average Bonchev–Trinajstić information content (AvgIpc) is 2.53. The second-order valence-corrected chi connectivity index (χ2v) is 4.53. The van der Waals surface area contributed by atoms with Gasteiger partial charge >= 0.3 is 5.69 Å². The fourth-order valence-electron chi connectivity index (χ4n) is 1.86. The van der Waals surface area contributed by atoms with Crippen LogP contribution in [0.5, 0.6) is 0 Å². The molecule has 0 saturated heterocycles. The highest BCUT2D eigenvalue weighted by atomic mass is 16.1. The minimum absolute atomic E-state index is 0.122. The van der Waals surface area contributed by atoms with Gasteiger partial charge in [0.05, 0.1) is 5.69 Å². The van der Waals surface area contributed by atoms with Crippen LogP contribution in [0.4, 0.5) is 5.82 Å². The molecule has 0 aliphatic rings. The molecule has 0 unspecified atom stereocenters. The van der Waals surface area contributed by atoms with Gasteiger partial charge in [-0.25, -0.2) is 9.36 Å². The molecule has 1 aromatic heterocycles. The maximum absolute atomic E-state index is 11.9. The highest BCUT2D eigenvalue weighted by Crippen LogP contribution is 2.18. The summed E-state index contributed by atoms with van der Waals surface area (Å²) in [6.07, 6.45) is 1.63. The highest BCUT2D eigenvalue weighted by molar-refractivity contribution is 5.44. The second kappa shape index (κ2) is 4.13. The van der Waals surface area contributed by atoms with Crippen LogP contribution >= 0.6 is 0 Å². The molecule has 0 radical (unpaired) electrons. The number of aromatic nitrogens is 2. The van der Waals surface area contributed by atoms with Gasteiger partial charge < -0.3 is 5.73 Å². The maximum Gasteiger partial charge on any atom is 0.334 e. The number of nitrogen functional groups attached to an aromatic ring is 1. The van der Waals surface area contributed by atoms with Gasteiger partial charge in [-0.15, -0.1) is 0 Å². The molecule has 1 aromatic carbocycles. The van der Waals surface area contributed by atoms with Crippen LogP contribution in [-0.2, 0) is 7.05 Å². The van der Waals surface area contributed by atoms with Gasteiger partial charge in [0.1, 0.15) is 5.82 Å². The van der Waals surface area contributed by atoms with Crippen LogP contribution in [0, 0.1) is 0 Å². The van der Waals surface area contributed by atoms with Gasteiger partial charge in [-0.2, -0.15) is 0 Å². The standard InChI is InChI=1S/C13H17N3O/c1-9(2)10-5-4-6-11(7-10)16-12(14)8-15(3)13(16)17/h4-9H,14H2,1-3H3. The molecule has 4 nitrogen and oxygen atoms in total. The van der Waals surface area contributed by atoms with E-state index in [0.29, 0.717) is 11.7 Å². The number of nitrogens with two attached hydrogens (primary N) is 1. The molecule has 0 amide bonds. The van der Waals surface area contributed by atoms with Gasteiger partial charge in [-0.3, -0.25) is 4.57 Å². The molecule has 1 heterocycles. The quantitative estimate of drug-likeness (QED) is 0.858. The summed E-state index contributed by atoms with van der Waals surface area (Å²) >= 11 is 0. The molecule has 2 N–H and O–H groups in total. The van der Waals surface area contributed by atoms with Crippen molar-refractivity contribution in [3.8, 4) is 5.69 Å². The van der Waals surface area contributed by atoms with Crippen molar-refractivity contribution in [1.82, 2.24) is 9.13 Å². The summed E-state index contributed by atoms with van der Waals surface area (Å²) in [7, 11) is 1.70. The maximum atomic E-state index is 11.9. The van der Waals surface area contributed by atoms with Crippen molar-refractivity contribution in [2.24, 2.45) is 7.05 Å². The van der Waals surface area contributed by atoms with Crippen molar-refractivity contribution >= 4 is 5.82 Å². The molecule has 4 heteroatoms. The van der Waals surface area contributed by atoms with Crippen molar-refractivity contribution in [1.29, 1.82) is 0 Å². The molecule has 0 aliphatic heterocycles. The zero-order valence-corrected chi connectivity index (χ0v) is 10.3. The van der Waals surface area contributed by atoms with Crippen molar-refractivity contribution in [2.45, 2.75) is 19.8 Å². The van der Waals surface area contributed by atoms with E-state index in [9.17, 15) is 4.79 Å². The van der Waals surface area contributed by atoms with Crippen LogP contribution in [0.2, 0.25) is 0 Å². The predicted molar refractivity (Wildman–Crippen MR) is 69.5 cm³/mol. The number of anilines is 1. The molecule has 2 aromatic rings. The Kier molecular flexibility index (Phi) is 2.79. The first-order chi connectivity index (χ1) is 8.00. The van der Waals surface area contributed by atoms with Crippen LogP contribution in [0.25, 0.3) is 5.69 Å². The van der Waals surface area contributed by atoms with E-state index in [4.69, 9.17) is 5.73 Å². The molecular formula is C13H17N3O. The lowest BCUT2D eigenvalue weighted by Gasteiger charge is -2.09. The van der Waals surface area contributed by atoms with E-state index in [2.05, 4.69) is 19.9 Å². The van der Waals surface area contributed by atoms with Crippen LogP contribution in [0.15, 0.2) is 35.3 Å². The van der Waals surface area contributed by atoms with Crippen molar-refractivity contribution in [3.05, 3.63) is 46.5 Å². The van der Waals surface area contributed by atoms with Gasteiger partial charge in [0.25, 0.3) is 0 Å². The first kappa shape index (κ1) is 11.5. The van der Waals surface area contributed by atoms with Crippen molar-refractivity contribution in [2.75, 3.05) is 5.73 Å². The monoisotopic (exact) mass is 231 g/mol. The zero-order valence-electron chi connectivity index (χ0n) is 10.3. The number of aryl methyl sites for hydroxylation is 1. The molecule has 0 atom stereocenters. The van der Waals surface area contributed by atoms with E-state index < -0.39 is 0 Å². The Labute approximate surface area is 100 Å². The van der Waals surface area contributed by atoms with E-state index in [0.717, 1.165) is 5.69 Å². The largest absolute Gasteiger partial charge is 0.383 e. The normalized spacial score (nSPS) is 11.1. The minimum Gasteiger partial charge on any atom is -0.383 e. The van der Waals surface area contributed by atoms with Gasteiger partial charge in [0.15, 0.2) is 0 Å². The molecule has 0 spiro atoms. The summed E-state index contributed by atoms with van der Waals surface area (Å²) < 4.78 is 3.00. The number of nitrogens with zero attached hydrogens (tertiary/aromatic N) is 2. The van der Waals surface area contributed by atoms with E-state index >= 15 is 0 Å². The van der Waals surface area contributed by atoms with Gasteiger partial charge in [0.2, 0.25) is 0 Å². The number of imidazole rings is 1. The number of hydrogen-bond donors (Lipinski definition) is 1. The molecule has 0 aliphatic carbocycles. The zero-order chi connectivity index (χ0) is 12.6. The second-order valence-electron chi connectivity index (χ2n) is 4.53. The molecule has 17 heavy (non-hydrogen) atoms. The summed E-state index contributed by atoms with van der Waals surface area (Å²) in [6.45, 7) is 4.24. The van der Waals surface area contributed by atoms with E-state index in [1.165, 1.54) is 14.7 Å². The van der Waals surface area contributed by atoms with Crippen LogP contribution < -0.4 is 11.4 Å².